The minimum Gasteiger partial charge on any atom is -0.506 e. The molecule has 0 aliphatic carbocycles. The molecule has 2 rings (SSSR count). The first-order valence-corrected chi connectivity index (χ1v) is 6.57. The lowest BCUT2D eigenvalue weighted by Gasteiger charge is -2.25. The molecule has 0 bridgehead atoms. The predicted octanol–water partition coefficient (Wildman–Crippen LogP) is 2.34. The summed E-state index contributed by atoms with van der Waals surface area (Å²) in [6.07, 6.45) is 0. The molecule has 0 heterocycles. The fourth-order valence-corrected chi connectivity index (χ4v) is 1.90. The Morgan fingerprint density at radius 1 is 1.25 bits per heavy atom. The number of rotatable bonds is 3. The molecule has 104 valence electrons. The van der Waals surface area contributed by atoms with Crippen LogP contribution in [-0.4, -0.2) is 21.5 Å². The Kier molecular flexibility index (Phi) is 3.63. The monoisotopic (exact) mass is 288 g/mol. The smallest absolute Gasteiger partial charge is 0.255 e. The van der Waals surface area contributed by atoms with Crippen LogP contribution in [0.3, 0.4) is 0 Å². The van der Waals surface area contributed by atoms with Crippen LogP contribution >= 0.6 is 12.2 Å². The van der Waals surface area contributed by atoms with Crippen LogP contribution in [0.1, 0.15) is 24.2 Å². The van der Waals surface area contributed by atoms with Gasteiger partial charge in [0.25, 0.3) is 5.91 Å². The van der Waals surface area contributed by atoms with Gasteiger partial charge in [-0.2, -0.15) is 0 Å². The number of thiocarbonyl (C=S) groups is 1. The van der Waals surface area contributed by atoms with Gasteiger partial charge in [-0.05, 0) is 25.3 Å². The summed E-state index contributed by atoms with van der Waals surface area (Å²) in [7, 11) is 0. The van der Waals surface area contributed by atoms with E-state index in [0.717, 1.165) is 5.39 Å². The lowest BCUT2D eigenvalue weighted by molar-refractivity contribution is 0.0930. The Balaban J connectivity index is 2.41. The first-order valence-electron chi connectivity index (χ1n) is 6.16. The molecule has 0 unspecified atom stereocenters. The number of hydrogen-bond donors (Lipinski definition) is 3. The van der Waals surface area contributed by atoms with Crippen molar-refractivity contribution in [3.63, 3.8) is 0 Å². The average molecular weight is 288 g/mol. The van der Waals surface area contributed by atoms with E-state index in [9.17, 15) is 9.90 Å². The van der Waals surface area contributed by atoms with E-state index in [0.29, 0.717) is 5.39 Å². The van der Waals surface area contributed by atoms with Crippen LogP contribution in [-0.2, 0) is 0 Å². The third-order valence-electron chi connectivity index (χ3n) is 3.19. The molecule has 0 atom stereocenters. The van der Waals surface area contributed by atoms with Gasteiger partial charge in [-0.3, -0.25) is 4.79 Å². The van der Waals surface area contributed by atoms with Crippen LogP contribution in [0.4, 0.5) is 0 Å². The number of phenolic OH excluding ortho intramolecular Hbond substituents is 1. The summed E-state index contributed by atoms with van der Waals surface area (Å²) >= 11 is 4.91. The molecule has 1 amide bonds. The van der Waals surface area contributed by atoms with Gasteiger partial charge in [-0.1, -0.05) is 42.5 Å². The molecule has 20 heavy (non-hydrogen) atoms. The zero-order valence-electron chi connectivity index (χ0n) is 11.3. The van der Waals surface area contributed by atoms with Crippen molar-refractivity contribution in [2.75, 3.05) is 0 Å². The van der Waals surface area contributed by atoms with Crippen molar-refractivity contribution in [3.05, 3.63) is 42.0 Å². The molecule has 5 heteroatoms. The summed E-state index contributed by atoms with van der Waals surface area (Å²) in [6.45, 7) is 3.43. The van der Waals surface area contributed by atoms with Crippen molar-refractivity contribution < 1.29 is 9.90 Å². The number of phenols is 1. The van der Waals surface area contributed by atoms with Gasteiger partial charge in [0.05, 0.1) is 16.1 Å². The third kappa shape index (κ3) is 2.58. The van der Waals surface area contributed by atoms with Gasteiger partial charge in [-0.25, -0.2) is 0 Å². The maximum atomic E-state index is 12.2. The summed E-state index contributed by atoms with van der Waals surface area (Å²) in [5, 5.41) is 14.4. The Hall–Kier alpha value is -2.14. The number of carbonyl (C=O) groups is 1. The fraction of sp³-hybridized carbons (Fsp3) is 0.200. The standard InChI is InChI=1S/C15H16N2O2S/c1-15(2,14(16)20)17-13(19)11-8-7-9-5-3-4-6-10(9)12(11)18/h3-8,18H,1-2H3,(H2,16,20)(H,17,19). The number of amides is 1. The molecular weight excluding hydrogens is 272 g/mol. The van der Waals surface area contributed by atoms with Crippen molar-refractivity contribution in [2.45, 2.75) is 19.4 Å². The van der Waals surface area contributed by atoms with E-state index in [4.69, 9.17) is 18.0 Å². The van der Waals surface area contributed by atoms with E-state index in [1.54, 1.807) is 32.0 Å². The Morgan fingerprint density at radius 2 is 1.90 bits per heavy atom. The molecule has 0 saturated heterocycles. The zero-order valence-corrected chi connectivity index (χ0v) is 12.1. The highest BCUT2D eigenvalue weighted by atomic mass is 32.1. The summed E-state index contributed by atoms with van der Waals surface area (Å²) in [4.78, 5) is 12.4. The van der Waals surface area contributed by atoms with Crippen LogP contribution in [0.15, 0.2) is 36.4 Å². The molecule has 0 spiro atoms. The van der Waals surface area contributed by atoms with E-state index in [2.05, 4.69) is 5.32 Å². The molecule has 4 N–H and O–H groups in total. The number of fused-ring (bicyclic) bond motifs is 1. The van der Waals surface area contributed by atoms with Crippen molar-refractivity contribution in [2.24, 2.45) is 5.73 Å². The number of benzene rings is 2. The van der Waals surface area contributed by atoms with Crippen molar-refractivity contribution >= 4 is 33.9 Å². The van der Waals surface area contributed by atoms with E-state index in [-0.39, 0.29) is 16.3 Å². The molecule has 0 saturated carbocycles. The predicted molar refractivity (Wildman–Crippen MR) is 83.9 cm³/mol. The molecule has 2 aromatic rings. The highest BCUT2D eigenvalue weighted by molar-refractivity contribution is 7.80. The first-order chi connectivity index (χ1) is 9.33. The zero-order chi connectivity index (χ0) is 14.9. The highest BCUT2D eigenvalue weighted by Gasteiger charge is 2.25. The van der Waals surface area contributed by atoms with Gasteiger partial charge in [0, 0.05) is 5.39 Å². The number of carbonyl (C=O) groups excluding carboxylic acids is 1. The lowest BCUT2D eigenvalue weighted by atomic mass is 10.0. The van der Waals surface area contributed by atoms with Gasteiger partial charge in [0.15, 0.2) is 0 Å². The maximum absolute atomic E-state index is 12.2. The minimum absolute atomic E-state index is 0.0423. The Labute approximate surface area is 122 Å². The maximum Gasteiger partial charge on any atom is 0.255 e. The quantitative estimate of drug-likeness (QED) is 0.758. The largest absolute Gasteiger partial charge is 0.506 e. The summed E-state index contributed by atoms with van der Waals surface area (Å²) in [6, 6.07) is 10.7. The second-order valence-electron chi connectivity index (χ2n) is 5.13. The highest BCUT2D eigenvalue weighted by Crippen LogP contribution is 2.28. The van der Waals surface area contributed by atoms with Crippen LogP contribution in [0.5, 0.6) is 5.75 Å². The van der Waals surface area contributed by atoms with Crippen molar-refractivity contribution in [1.82, 2.24) is 5.32 Å². The SMILES string of the molecule is CC(C)(NC(=O)c1ccc2ccccc2c1O)C(N)=S. The van der Waals surface area contributed by atoms with Crippen LogP contribution in [0, 0.1) is 0 Å². The van der Waals surface area contributed by atoms with Gasteiger partial charge in [0.1, 0.15) is 5.75 Å². The van der Waals surface area contributed by atoms with Crippen LogP contribution in [0.2, 0.25) is 0 Å². The van der Waals surface area contributed by atoms with E-state index >= 15 is 0 Å². The molecule has 0 aliphatic heterocycles. The molecule has 0 radical (unpaired) electrons. The van der Waals surface area contributed by atoms with Crippen molar-refractivity contribution in [1.29, 1.82) is 0 Å². The molecular formula is C15H16N2O2S. The molecule has 2 aromatic carbocycles. The molecule has 0 fully saturated rings. The van der Waals surface area contributed by atoms with Crippen LogP contribution in [0.25, 0.3) is 10.8 Å². The van der Waals surface area contributed by atoms with Gasteiger partial charge in [-0.15, -0.1) is 0 Å². The number of hydrogen-bond acceptors (Lipinski definition) is 3. The first kappa shape index (κ1) is 14.3. The average Bonchev–Trinajstić information content (AvgIpc) is 2.38. The summed E-state index contributed by atoms with van der Waals surface area (Å²) in [5.41, 5.74) is 4.97. The molecule has 4 nitrogen and oxygen atoms in total. The number of nitrogens with one attached hydrogen (secondary N) is 1. The Morgan fingerprint density at radius 3 is 2.55 bits per heavy atom. The summed E-state index contributed by atoms with van der Waals surface area (Å²) in [5.74, 6) is -0.453. The third-order valence-corrected chi connectivity index (χ3v) is 3.70. The molecule has 0 aliphatic rings. The van der Waals surface area contributed by atoms with E-state index in [1.165, 1.54) is 0 Å². The minimum atomic E-state index is -0.815. The second-order valence-corrected chi connectivity index (χ2v) is 5.57. The van der Waals surface area contributed by atoms with Gasteiger partial charge >= 0.3 is 0 Å². The number of nitrogens with two attached hydrogens (primary N) is 1. The Bertz CT molecular complexity index is 695. The van der Waals surface area contributed by atoms with E-state index < -0.39 is 11.4 Å². The second kappa shape index (κ2) is 5.09. The number of aromatic hydroxyl groups is 1. The summed E-state index contributed by atoms with van der Waals surface area (Å²) < 4.78 is 0. The fourth-order valence-electron chi connectivity index (χ4n) is 1.85. The topological polar surface area (TPSA) is 75.3 Å². The van der Waals surface area contributed by atoms with E-state index in [1.807, 2.05) is 18.2 Å². The lowest BCUT2D eigenvalue weighted by Crippen LogP contribution is -2.52. The van der Waals surface area contributed by atoms with Gasteiger partial charge < -0.3 is 16.2 Å². The van der Waals surface area contributed by atoms with Gasteiger partial charge in [0.2, 0.25) is 0 Å². The normalized spacial score (nSPS) is 11.3. The van der Waals surface area contributed by atoms with Crippen LogP contribution < -0.4 is 11.1 Å². The van der Waals surface area contributed by atoms with Crippen molar-refractivity contribution in [3.8, 4) is 5.75 Å². The molecule has 0 aromatic heterocycles.